The maximum Gasteiger partial charge on any atom is 0.181 e. The van der Waals surface area contributed by atoms with E-state index in [0.29, 0.717) is 0 Å². The Labute approximate surface area is 91.0 Å². The molecule has 1 N–H and O–H groups in total. The van der Waals surface area contributed by atoms with Crippen LogP contribution in [0.1, 0.15) is 32.2 Å². The standard InChI is InChI=1S/C11H20N2O2/c1-5-12-7-9-10(15-8-13-9)6-11(2,3)14-4/h8,12H,5-7H2,1-4H3. The van der Waals surface area contributed by atoms with E-state index in [0.717, 1.165) is 31.0 Å². The highest BCUT2D eigenvalue weighted by atomic mass is 16.5. The third-order valence-electron chi connectivity index (χ3n) is 2.41. The second-order valence-corrected chi connectivity index (χ2v) is 4.14. The molecule has 0 aliphatic rings. The first-order valence-corrected chi connectivity index (χ1v) is 5.26. The van der Waals surface area contributed by atoms with Gasteiger partial charge in [-0.3, -0.25) is 0 Å². The van der Waals surface area contributed by atoms with Gasteiger partial charge in [0, 0.05) is 20.1 Å². The summed E-state index contributed by atoms with van der Waals surface area (Å²) >= 11 is 0. The molecular formula is C11H20N2O2. The maximum absolute atomic E-state index is 5.37. The number of hydrogen-bond donors (Lipinski definition) is 1. The van der Waals surface area contributed by atoms with Gasteiger partial charge in [0.25, 0.3) is 0 Å². The van der Waals surface area contributed by atoms with E-state index < -0.39 is 0 Å². The fourth-order valence-electron chi connectivity index (χ4n) is 1.28. The van der Waals surface area contributed by atoms with Gasteiger partial charge in [0.05, 0.1) is 11.3 Å². The van der Waals surface area contributed by atoms with Crippen LogP contribution in [0, 0.1) is 0 Å². The minimum atomic E-state index is -0.208. The lowest BCUT2D eigenvalue weighted by atomic mass is 10.0. The van der Waals surface area contributed by atoms with Crippen LogP contribution in [0.2, 0.25) is 0 Å². The highest BCUT2D eigenvalue weighted by molar-refractivity contribution is 5.09. The number of nitrogens with one attached hydrogen (secondary N) is 1. The van der Waals surface area contributed by atoms with Crippen molar-refractivity contribution in [3.63, 3.8) is 0 Å². The molecule has 4 nitrogen and oxygen atoms in total. The first-order valence-electron chi connectivity index (χ1n) is 5.26. The number of aromatic nitrogens is 1. The predicted molar refractivity (Wildman–Crippen MR) is 58.7 cm³/mol. The topological polar surface area (TPSA) is 47.3 Å². The molecule has 0 aromatic carbocycles. The minimum Gasteiger partial charge on any atom is -0.448 e. The summed E-state index contributed by atoms with van der Waals surface area (Å²) < 4.78 is 10.7. The number of ether oxygens (including phenoxy) is 1. The largest absolute Gasteiger partial charge is 0.448 e. The molecule has 0 bridgehead atoms. The van der Waals surface area contributed by atoms with Gasteiger partial charge in [-0.1, -0.05) is 6.92 Å². The fourth-order valence-corrected chi connectivity index (χ4v) is 1.28. The maximum atomic E-state index is 5.37. The molecule has 0 saturated carbocycles. The molecule has 0 aliphatic carbocycles. The first kappa shape index (κ1) is 12.2. The summed E-state index contributed by atoms with van der Waals surface area (Å²) in [5.74, 6) is 0.905. The zero-order chi connectivity index (χ0) is 11.3. The monoisotopic (exact) mass is 212 g/mol. The van der Waals surface area contributed by atoms with Crippen molar-refractivity contribution in [1.29, 1.82) is 0 Å². The second-order valence-electron chi connectivity index (χ2n) is 4.14. The predicted octanol–water partition coefficient (Wildman–Crippen LogP) is 1.75. The van der Waals surface area contributed by atoms with Gasteiger partial charge >= 0.3 is 0 Å². The van der Waals surface area contributed by atoms with E-state index >= 15 is 0 Å². The molecule has 15 heavy (non-hydrogen) atoms. The normalized spacial score (nSPS) is 12.0. The van der Waals surface area contributed by atoms with Crippen LogP contribution in [0.25, 0.3) is 0 Å². The Balaban J connectivity index is 2.64. The van der Waals surface area contributed by atoms with E-state index in [-0.39, 0.29) is 5.60 Å². The summed E-state index contributed by atoms with van der Waals surface area (Å²) in [6.45, 7) is 7.82. The molecule has 0 saturated heterocycles. The van der Waals surface area contributed by atoms with Crippen molar-refractivity contribution in [2.45, 2.75) is 39.3 Å². The summed E-state index contributed by atoms with van der Waals surface area (Å²) in [6.07, 6.45) is 2.23. The van der Waals surface area contributed by atoms with Crippen molar-refractivity contribution in [2.75, 3.05) is 13.7 Å². The minimum absolute atomic E-state index is 0.208. The van der Waals surface area contributed by atoms with Crippen molar-refractivity contribution in [1.82, 2.24) is 10.3 Å². The van der Waals surface area contributed by atoms with Gasteiger partial charge in [-0.05, 0) is 20.4 Å². The smallest absolute Gasteiger partial charge is 0.181 e. The summed E-state index contributed by atoms with van der Waals surface area (Å²) in [7, 11) is 1.71. The van der Waals surface area contributed by atoms with Crippen molar-refractivity contribution in [3.05, 3.63) is 17.8 Å². The third kappa shape index (κ3) is 3.64. The van der Waals surface area contributed by atoms with Crippen molar-refractivity contribution in [2.24, 2.45) is 0 Å². The quantitative estimate of drug-likeness (QED) is 0.780. The zero-order valence-electron chi connectivity index (χ0n) is 9.96. The van der Waals surface area contributed by atoms with Crippen molar-refractivity contribution < 1.29 is 9.15 Å². The molecule has 1 aromatic rings. The van der Waals surface area contributed by atoms with Crippen LogP contribution >= 0.6 is 0 Å². The average molecular weight is 212 g/mol. The lowest BCUT2D eigenvalue weighted by Crippen LogP contribution is -2.26. The molecule has 86 valence electrons. The first-order chi connectivity index (χ1) is 7.09. The molecule has 0 unspecified atom stereocenters. The second kappa shape index (κ2) is 5.28. The number of oxazole rings is 1. The summed E-state index contributed by atoms with van der Waals surface area (Å²) in [6, 6.07) is 0. The van der Waals surface area contributed by atoms with Gasteiger partial charge < -0.3 is 14.5 Å². The summed E-state index contributed by atoms with van der Waals surface area (Å²) in [5.41, 5.74) is 0.766. The highest BCUT2D eigenvalue weighted by Crippen LogP contribution is 2.18. The van der Waals surface area contributed by atoms with Gasteiger partial charge in [-0.2, -0.15) is 0 Å². The lowest BCUT2D eigenvalue weighted by molar-refractivity contribution is 0.0189. The average Bonchev–Trinajstić information content (AvgIpc) is 2.62. The van der Waals surface area contributed by atoms with E-state index in [2.05, 4.69) is 17.2 Å². The Hall–Kier alpha value is -0.870. The van der Waals surface area contributed by atoms with Gasteiger partial charge in [0.15, 0.2) is 6.39 Å². The third-order valence-corrected chi connectivity index (χ3v) is 2.41. The molecule has 0 atom stereocenters. The number of methoxy groups -OCH3 is 1. The molecule has 1 rings (SSSR count). The number of hydrogen-bond acceptors (Lipinski definition) is 4. The fraction of sp³-hybridized carbons (Fsp3) is 0.727. The Kier molecular flexibility index (Phi) is 4.29. The van der Waals surface area contributed by atoms with Crippen molar-refractivity contribution >= 4 is 0 Å². The molecule has 0 aliphatic heterocycles. The van der Waals surface area contributed by atoms with Crippen LogP contribution in [-0.2, 0) is 17.7 Å². The summed E-state index contributed by atoms with van der Waals surface area (Å²) in [5, 5.41) is 3.23. The SMILES string of the molecule is CCNCc1ncoc1CC(C)(C)OC. The zero-order valence-corrected chi connectivity index (χ0v) is 9.96. The molecule has 4 heteroatoms. The number of nitrogens with zero attached hydrogens (tertiary/aromatic N) is 1. The Morgan fingerprint density at radius 2 is 2.27 bits per heavy atom. The van der Waals surface area contributed by atoms with Gasteiger partial charge in [-0.25, -0.2) is 4.98 Å². The van der Waals surface area contributed by atoms with Gasteiger partial charge in [0.2, 0.25) is 0 Å². The Morgan fingerprint density at radius 1 is 1.53 bits per heavy atom. The van der Waals surface area contributed by atoms with Crippen LogP contribution in [0.4, 0.5) is 0 Å². The van der Waals surface area contributed by atoms with Gasteiger partial charge in [-0.15, -0.1) is 0 Å². The molecular weight excluding hydrogens is 192 g/mol. The molecule has 0 spiro atoms. The number of rotatable bonds is 6. The van der Waals surface area contributed by atoms with E-state index in [1.165, 1.54) is 6.39 Å². The van der Waals surface area contributed by atoms with Crippen LogP contribution in [-0.4, -0.2) is 24.2 Å². The van der Waals surface area contributed by atoms with E-state index in [4.69, 9.17) is 9.15 Å². The molecule has 0 radical (unpaired) electrons. The van der Waals surface area contributed by atoms with Crippen LogP contribution in [0.5, 0.6) is 0 Å². The molecule has 0 fully saturated rings. The lowest BCUT2D eigenvalue weighted by Gasteiger charge is -2.21. The van der Waals surface area contributed by atoms with E-state index in [1.54, 1.807) is 7.11 Å². The highest BCUT2D eigenvalue weighted by Gasteiger charge is 2.21. The van der Waals surface area contributed by atoms with E-state index in [1.807, 2.05) is 13.8 Å². The van der Waals surface area contributed by atoms with Crippen LogP contribution < -0.4 is 5.32 Å². The van der Waals surface area contributed by atoms with Crippen LogP contribution in [0.3, 0.4) is 0 Å². The van der Waals surface area contributed by atoms with Gasteiger partial charge in [0.1, 0.15) is 5.76 Å². The van der Waals surface area contributed by atoms with Crippen molar-refractivity contribution in [3.8, 4) is 0 Å². The Bertz CT molecular complexity index is 295. The molecule has 1 heterocycles. The van der Waals surface area contributed by atoms with E-state index in [9.17, 15) is 0 Å². The molecule has 0 amide bonds. The Morgan fingerprint density at radius 3 is 2.87 bits per heavy atom. The van der Waals surface area contributed by atoms with Crippen LogP contribution in [0.15, 0.2) is 10.8 Å². The molecule has 1 aromatic heterocycles. The summed E-state index contributed by atoms with van der Waals surface area (Å²) in [4.78, 5) is 4.19.